The molecule has 3 heterocycles. The molecule has 0 N–H and O–H groups in total. The van der Waals surface area contributed by atoms with Crippen LogP contribution in [-0.2, 0) is 24.0 Å². The van der Waals surface area contributed by atoms with E-state index in [0.29, 0.717) is 22.8 Å². The predicted octanol–water partition coefficient (Wildman–Crippen LogP) is 9.20. The molecule has 0 radical (unpaired) electrons. The maximum absolute atomic E-state index is 13.5. The summed E-state index contributed by atoms with van der Waals surface area (Å²) in [6.07, 6.45) is 12.4. The minimum absolute atomic E-state index is 0.0362. The van der Waals surface area contributed by atoms with Gasteiger partial charge in [0.1, 0.15) is 0 Å². The lowest BCUT2D eigenvalue weighted by molar-refractivity contribution is -0.170. The van der Waals surface area contributed by atoms with Crippen LogP contribution < -0.4 is 0 Å². The third-order valence-corrected chi connectivity index (χ3v) is 13.4. The van der Waals surface area contributed by atoms with Gasteiger partial charge in [-0.15, -0.1) is 0 Å². The third-order valence-electron chi connectivity index (χ3n) is 11.5. The minimum atomic E-state index is -3.41. The fraction of sp³-hybridized carbons (Fsp3) is 0.789. The number of unbranched alkanes of at least 4 members (excludes halogenated alkanes) is 1. The first-order valence-corrected chi connectivity index (χ1v) is 19.5. The smallest absolute Gasteiger partial charge is 0.178 e. The SMILES string of the molecule is C=C([C@H](C)CC1CC[C@@H]2O[C@@H](CCCC)C[C@]2(CC)O1)[C@H](C)C[C@@H]1O[C@H](CC(C)CC)[C@H](C)[C@H]1CS(=O)(=O)c1ccccc1. The van der Waals surface area contributed by atoms with Crippen molar-refractivity contribution in [3.05, 3.63) is 42.5 Å². The van der Waals surface area contributed by atoms with E-state index in [4.69, 9.17) is 14.2 Å². The Labute approximate surface area is 269 Å². The standard InChI is InChI=1S/C38H62O5S/c1-9-12-16-32-24-38(11-3)37(41-32)20-19-31(43-38)22-27(5)29(7)28(6)23-36-34(30(8)35(42-36)21-26(4)10-2)25-44(39,40)33-17-14-13-15-18-33/h13-15,17-18,26-28,30-32,34-37H,7,9-12,16,19-25H2,1-6,8H3/t26?,27-,28-,30-,31?,32+,34-,35-,36+,37+,38+/m1/s1. The molecule has 0 aliphatic carbocycles. The fourth-order valence-electron chi connectivity index (χ4n) is 8.22. The Balaban J connectivity index is 1.40. The van der Waals surface area contributed by atoms with Crippen LogP contribution in [0.4, 0.5) is 0 Å². The number of ether oxygens (including phenoxy) is 3. The van der Waals surface area contributed by atoms with E-state index in [-0.39, 0.29) is 53.5 Å². The van der Waals surface area contributed by atoms with Gasteiger partial charge in [-0.3, -0.25) is 0 Å². The number of allylic oxidation sites excluding steroid dienone is 1. The van der Waals surface area contributed by atoms with Crippen LogP contribution in [0.2, 0.25) is 0 Å². The third kappa shape index (κ3) is 8.38. The average Bonchev–Trinajstić information content (AvgIpc) is 3.52. The average molecular weight is 631 g/mol. The van der Waals surface area contributed by atoms with E-state index in [1.54, 1.807) is 24.3 Å². The Kier molecular flexibility index (Phi) is 12.6. The van der Waals surface area contributed by atoms with Crippen molar-refractivity contribution in [1.82, 2.24) is 0 Å². The topological polar surface area (TPSA) is 61.8 Å². The molecule has 1 aromatic carbocycles. The van der Waals surface area contributed by atoms with Gasteiger partial charge in [0.15, 0.2) is 9.84 Å². The van der Waals surface area contributed by atoms with Gasteiger partial charge >= 0.3 is 0 Å². The van der Waals surface area contributed by atoms with E-state index in [1.165, 1.54) is 18.4 Å². The molecular weight excluding hydrogens is 568 g/mol. The predicted molar refractivity (Wildman–Crippen MR) is 181 cm³/mol. The summed E-state index contributed by atoms with van der Waals surface area (Å²) in [4.78, 5) is 0.409. The summed E-state index contributed by atoms with van der Waals surface area (Å²) in [6.45, 7) is 20.4. The largest absolute Gasteiger partial charge is 0.374 e. The number of benzene rings is 1. The van der Waals surface area contributed by atoms with Crippen LogP contribution in [-0.4, -0.2) is 50.3 Å². The van der Waals surface area contributed by atoms with Crippen molar-refractivity contribution in [1.29, 1.82) is 0 Å². The molecule has 3 saturated heterocycles. The van der Waals surface area contributed by atoms with Crippen LogP contribution in [0.25, 0.3) is 0 Å². The molecule has 0 saturated carbocycles. The van der Waals surface area contributed by atoms with Gasteiger partial charge in [0.05, 0.1) is 46.8 Å². The van der Waals surface area contributed by atoms with Crippen molar-refractivity contribution < 1.29 is 22.6 Å². The molecule has 1 aromatic rings. The first-order chi connectivity index (χ1) is 20.9. The lowest BCUT2D eigenvalue weighted by Gasteiger charge is -2.42. The summed E-state index contributed by atoms with van der Waals surface area (Å²) in [5.74, 6) is 1.39. The van der Waals surface area contributed by atoms with Gasteiger partial charge in [-0.05, 0) is 80.8 Å². The number of hydrogen-bond donors (Lipinski definition) is 0. The van der Waals surface area contributed by atoms with Crippen LogP contribution in [0, 0.1) is 29.6 Å². The first-order valence-electron chi connectivity index (χ1n) is 17.9. The second-order valence-electron chi connectivity index (χ2n) is 14.8. The van der Waals surface area contributed by atoms with Gasteiger partial charge in [-0.25, -0.2) is 8.42 Å². The van der Waals surface area contributed by atoms with Gasteiger partial charge in [0.2, 0.25) is 0 Å². The van der Waals surface area contributed by atoms with Gasteiger partial charge in [-0.1, -0.05) is 98.1 Å². The summed E-state index contributed by atoms with van der Waals surface area (Å²) in [5.41, 5.74) is 1.10. The van der Waals surface area contributed by atoms with E-state index < -0.39 is 9.84 Å². The number of sulfone groups is 1. The molecular formula is C38H62O5S. The molecule has 250 valence electrons. The van der Waals surface area contributed by atoms with Crippen molar-refractivity contribution in [3.8, 4) is 0 Å². The monoisotopic (exact) mass is 630 g/mol. The molecule has 3 aliphatic heterocycles. The molecule has 0 bridgehead atoms. The van der Waals surface area contributed by atoms with Crippen LogP contribution in [0.1, 0.15) is 119 Å². The van der Waals surface area contributed by atoms with E-state index in [0.717, 1.165) is 57.8 Å². The summed E-state index contributed by atoms with van der Waals surface area (Å²) in [7, 11) is -3.41. The van der Waals surface area contributed by atoms with Crippen LogP contribution in [0.5, 0.6) is 0 Å². The van der Waals surface area contributed by atoms with Crippen molar-refractivity contribution in [2.75, 3.05) is 5.75 Å². The van der Waals surface area contributed by atoms with Crippen molar-refractivity contribution in [3.63, 3.8) is 0 Å². The zero-order valence-corrected chi connectivity index (χ0v) is 29.6. The fourth-order valence-corrected chi connectivity index (χ4v) is 10.0. The van der Waals surface area contributed by atoms with E-state index in [9.17, 15) is 8.42 Å². The minimum Gasteiger partial charge on any atom is -0.374 e. The lowest BCUT2D eigenvalue weighted by Crippen LogP contribution is -2.48. The van der Waals surface area contributed by atoms with Gasteiger partial charge < -0.3 is 14.2 Å². The summed E-state index contributed by atoms with van der Waals surface area (Å²) < 4.78 is 47.2. The normalized spacial score (nSPS) is 34.4. The molecule has 4 rings (SSSR count). The van der Waals surface area contributed by atoms with Crippen molar-refractivity contribution in [2.24, 2.45) is 29.6 Å². The van der Waals surface area contributed by atoms with Gasteiger partial charge in [0, 0.05) is 12.3 Å². The summed E-state index contributed by atoms with van der Waals surface area (Å²) in [6, 6.07) is 8.91. The molecule has 44 heavy (non-hydrogen) atoms. The molecule has 3 aliphatic rings. The summed E-state index contributed by atoms with van der Waals surface area (Å²) in [5, 5.41) is 0. The second kappa shape index (κ2) is 15.6. The van der Waals surface area contributed by atoms with Crippen LogP contribution in [0.15, 0.2) is 47.4 Å². The maximum atomic E-state index is 13.5. The number of fused-ring (bicyclic) bond motifs is 1. The van der Waals surface area contributed by atoms with Crippen LogP contribution >= 0.6 is 0 Å². The highest BCUT2D eigenvalue weighted by atomic mass is 32.2. The summed E-state index contributed by atoms with van der Waals surface area (Å²) >= 11 is 0. The number of rotatable bonds is 16. The molecule has 11 atom stereocenters. The molecule has 6 heteroatoms. The molecule has 0 aromatic heterocycles. The Morgan fingerprint density at radius 1 is 0.955 bits per heavy atom. The van der Waals surface area contributed by atoms with E-state index >= 15 is 0 Å². The van der Waals surface area contributed by atoms with Gasteiger partial charge in [0.25, 0.3) is 0 Å². The Morgan fingerprint density at radius 2 is 1.66 bits per heavy atom. The first kappa shape index (κ1) is 35.6. The highest BCUT2D eigenvalue weighted by Crippen LogP contribution is 2.47. The Morgan fingerprint density at radius 3 is 2.32 bits per heavy atom. The zero-order chi connectivity index (χ0) is 32.1. The number of hydrogen-bond acceptors (Lipinski definition) is 5. The molecule has 5 nitrogen and oxygen atoms in total. The molecule has 2 unspecified atom stereocenters. The maximum Gasteiger partial charge on any atom is 0.178 e. The highest BCUT2D eigenvalue weighted by molar-refractivity contribution is 7.91. The van der Waals surface area contributed by atoms with E-state index in [2.05, 4.69) is 55.0 Å². The van der Waals surface area contributed by atoms with Crippen molar-refractivity contribution >= 4 is 9.84 Å². The van der Waals surface area contributed by atoms with Crippen LogP contribution in [0.3, 0.4) is 0 Å². The quantitative estimate of drug-likeness (QED) is 0.170. The molecule has 0 spiro atoms. The Bertz CT molecular complexity index is 1150. The van der Waals surface area contributed by atoms with Gasteiger partial charge in [-0.2, -0.15) is 0 Å². The molecule has 3 fully saturated rings. The molecule has 0 amide bonds. The highest BCUT2D eigenvalue weighted by Gasteiger charge is 2.52. The Hall–Kier alpha value is -1.21. The van der Waals surface area contributed by atoms with Crippen molar-refractivity contribution in [2.45, 2.75) is 160 Å². The zero-order valence-electron chi connectivity index (χ0n) is 28.8. The lowest BCUT2D eigenvalue weighted by atomic mass is 9.79. The van der Waals surface area contributed by atoms with E-state index in [1.807, 2.05) is 6.07 Å². The second-order valence-corrected chi connectivity index (χ2v) is 16.8.